The molecule has 1 aliphatic heterocycles. The summed E-state index contributed by atoms with van der Waals surface area (Å²) in [4.78, 5) is 11.4. The average Bonchev–Trinajstić information content (AvgIpc) is 3.16. The maximum absolute atomic E-state index is 10.6. The monoisotopic (exact) mass is 399 g/mol. The molecule has 1 aliphatic rings. The first kappa shape index (κ1) is 22.0. The van der Waals surface area contributed by atoms with Gasteiger partial charge in [-0.15, -0.1) is 0 Å². The van der Waals surface area contributed by atoms with Crippen LogP contribution in [0.1, 0.15) is 17.5 Å². The topological polar surface area (TPSA) is 62.9 Å². The molecule has 1 saturated heterocycles. The summed E-state index contributed by atoms with van der Waals surface area (Å²) in [5, 5.41) is 7.12. The second-order valence-corrected chi connectivity index (χ2v) is 6.68. The van der Waals surface area contributed by atoms with Gasteiger partial charge in [-0.1, -0.05) is 30.3 Å². The van der Waals surface area contributed by atoms with Crippen molar-refractivity contribution in [2.24, 2.45) is 5.92 Å². The van der Waals surface area contributed by atoms with Crippen LogP contribution in [0.2, 0.25) is 0 Å². The molecule has 1 fully saturated rings. The van der Waals surface area contributed by atoms with Gasteiger partial charge in [0.15, 0.2) is 0 Å². The van der Waals surface area contributed by atoms with Gasteiger partial charge < -0.3 is 14.3 Å². The molecule has 0 saturated carbocycles. The third kappa shape index (κ3) is 7.01. The van der Waals surface area contributed by atoms with Gasteiger partial charge in [-0.3, -0.25) is 4.90 Å². The minimum absolute atomic E-state index is 0.366. The Hall–Kier alpha value is -2.32. The van der Waals surface area contributed by atoms with Crippen molar-refractivity contribution in [2.75, 3.05) is 20.2 Å². The smallest absolute Gasteiger partial charge is 0.475 e. The highest BCUT2D eigenvalue weighted by Crippen LogP contribution is 2.25. The Bertz CT molecular complexity index is 704. The highest BCUT2D eigenvalue weighted by molar-refractivity contribution is 5.73. The number of aliphatic carboxylic acids is 1. The number of hydrogen-bond donors (Lipinski definition) is 1. The highest BCUT2D eigenvalue weighted by atomic mass is 19.4. The van der Waals surface area contributed by atoms with Gasteiger partial charge >= 0.3 is 12.1 Å². The number of likely N-dealkylation sites (tertiary alicyclic amines) is 1. The van der Waals surface area contributed by atoms with Gasteiger partial charge in [-0.2, -0.15) is 13.2 Å². The van der Waals surface area contributed by atoms with E-state index in [1.807, 2.05) is 13.4 Å². The highest BCUT2D eigenvalue weighted by Gasteiger charge is 2.38. The van der Waals surface area contributed by atoms with Gasteiger partial charge in [0.2, 0.25) is 0 Å². The van der Waals surface area contributed by atoms with Crippen LogP contribution in [-0.2, 0) is 22.5 Å². The summed E-state index contributed by atoms with van der Waals surface area (Å²) in [6, 6.07) is 12.8. The lowest BCUT2D eigenvalue weighted by molar-refractivity contribution is -0.192. The maximum atomic E-state index is 10.6. The largest absolute Gasteiger partial charge is 0.490 e. The number of hydrogen-bond acceptors (Lipinski definition) is 4. The first-order valence-corrected chi connectivity index (χ1v) is 8.90. The molecule has 0 aliphatic carbocycles. The Morgan fingerprint density at radius 2 is 1.93 bits per heavy atom. The summed E-state index contributed by atoms with van der Waals surface area (Å²) < 4.78 is 42.6. The fourth-order valence-electron chi connectivity index (χ4n) is 3.29. The molecule has 0 spiro atoms. The van der Waals surface area contributed by atoms with E-state index in [1.165, 1.54) is 11.1 Å². The maximum Gasteiger partial charge on any atom is 0.490 e. The van der Waals surface area contributed by atoms with E-state index >= 15 is 0 Å². The minimum atomic E-state index is -5.08. The fraction of sp³-hybridized carbons (Fsp3) is 0.450. The number of benzene rings is 1. The van der Waals surface area contributed by atoms with Crippen LogP contribution >= 0.6 is 0 Å². The Labute approximate surface area is 161 Å². The Morgan fingerprint density at radius 3 is 2.46 bits per heavy atom. The third-order valence-electron chi connectivity index (χ3n) is 4.62. The van der Waals surface area contributed by atoms with Crippen LogP contribution in [-0.4, -0.2) is 48.5 Å². The summed E-state index contributed by atoms with van der Waals surface area (Å²) in [5.41, 5.74) is 2.65. The molecule has 3 rings (SSSR count). The van der Waals surface area contributed by atoms with E-state index < -0.39 is 12.1 Å². The Kier molecular flexibility index (Phi) is 8.07. The minimum Gasteiger partial charge on any atom is -0.475 e. The summed E-state index contributed by atoms with van der Waals surface area (Å²) in [6.45, 7) is 3.14. The van der Waals surface area contributed by atoms with Crippen LogP contribution in [0.4, 0.5) is 13.2 Å². The van der Waals surface area contributed by atoms with Crippen molar-refractivity contribution in [3.63, 3.8) is 0 Å². The van der Waals surface area contributed by atoms with Gasteiger partial charge in [0.1, 0.15) is 0 Å². The molecular weight excluding hydrogens is 375 g/mol. The zero-order valence-electron chi connectivity index (χ0n) is 15.6. The molecule has 0 amide bonds. The quantitative estimate of drug-likeness (QED) is 0.824. The van der Waals surface area contributed by atoms with E-state index in [0.717, 1.165) is 32.5 Å². The number of nitrogens with zero attached hydrogens (tertiary/aromatic N) is 1. The molecule has 5 nitrogen and oxygen atoms in total. The molecule has 1 N–H and O–H groups in total. The number of methoxy groups -OCH3 is 1. The first-order valence-electron chi connectivity index (χ1n) is 8.90. The van der Waals surface area contributed by atoms with E-state index in [-0.39, 0.29) is 0 Å². The Balaban J connectivity index is 0.000000345. The summed E-state index contributed by atoms with van der Waals surface area (Å²) in [7, 11) is 1.84. The van der Waals surface area contributed by atoms with Crippen LogP contribution in [0.15, 0.2) is 53.3 Å². The molecule has 1 aromatic heterocycles. The van der Waals surface area contributed by atoms with Gasteiger partial charge in [-0.25, -0.2) is 4.79 Å². The van der Waals surface area contributed by atoms with Gasteiger partial charge in [0, 0.05) is 38.2 Å². The molecular formula is C20H24F3NO4. The summed E-state index contributed by atoms with van der Waals surface area (Å²) in [5.74, 6) is -2.20. The predicted octanol–water partition coefficient (Wildman–Crippen LogP) is 3.99. The zero-order chi connectivity index (χ0) is 20.6. The standard InChI is InChI=1S/C18H23NO2.C2HF3O2/c1-20-18-7-9-19(12-16-8-10-21-14-16)13-17(18)11-15-5-3-2-4-6-15;3-2(4,5)1(6)7/h2-6,8,10,14,17-18H,7,9,11-13H2,1H3;(H,6,7)/t17-,18+;/m0./s1. The fourth-order valence-corrected chi connectivity index (χ4v) is 3.29. The lowest BCUT2D eigenvalue weighted by atomic mass is 9.88. The SMILES string of the molecule is CO[C@@H]1CCN(Cc2ccoc2)C[C@@H]1Cc1ccccc1.O=C(O)C(F)(F)F. The predicted molar refractivity (Wildman–Crippen MR) is 96.7 cm³/mol. The number of carbonyl (C=O) groups is 1. The Morgan fingerprint density at radius 1 is 1.25 bits per heavy atom. The molecule has 8 heteroatoms. The number of ether oxygens (including phenoxy) is 1. The number of rotatable bonds is 5. The first-order chi connectivity index (χ1) is 13.3. The molecule has 154 valence electrons. The van der Waals surface area contributed by atoms with Crippen molar-refractivity contribution >= 4 is 5.97 Å². The van der Waals surface area contributed by atoms with Crippen molar-refractivity contribution < 1.29 is 32.2 Å². The summed E-state index contributed by atoms with van der Waals surface area (Å²) in [6.07, 6.45) is 1.06. The molecule has 0 radical (unpaired) electrons. The molecule has 1 aromatic carbocycles. The molecule has 0 bridgehead atoms. The van der Waals surface area contributed by atoms with E-state index in [4.69, 9.17) is 19.1 Å². The van der Waals surface area contributed by atoms with Crippen LogP contribution in [0.25, 0.3) is 0 Å². The van der Waals surface area contributed by atoms with Crippen molar-refractivity contribution in [2.45, 2.75) is 31.7 Å². The van der Waals surface area contributed by atoms with E-state index in [1.54, 1.807) is 6.26 Å². The molecule has 2 atom stereocenters. The molecule has 2 heterocycles. The zero-order valence-corrected chi connectivity index (χ0v) is 15.6. The molecule has 28 heavy (non-hydrogen) atoms. The number of carboxylic acid groups (broad SMARTS) is 1. The number of alkyl halides is 3. The van der Waals surface area contributed by atoms with E-state index in [0.29, 0.717) is 12.0 Å². The van der Waals surface area contributed by atoms with Crippen molar-refractivity contribution in [3.05, 3.63) is 60.1 Å². The van der Waals surface area contributed by atoms with Crippen LogP contribution in [0, 0.1) is 5.92 Å². The third-order valence-corrected chi connectivity index (χ3v) is 4.62. The van der Waals surface area contributed by atoms with Crippen LogP contribution in [0.5, 0.6) is 0 Å². The number of piperidine rings is 1. The lowest BCUT2D eigenvalue weighted by Crippen LogP contribution is -2.44. The molecule has 0 unspecified atom stereocenters. The number of furan rings is 1. The summed E-state index contributed by atoms with van der Waals surface area (Å²) >= 11 is 0. The van der Waals surface area contributed by atoms with Gasteiger partial charge in [0.25, 0.3) is 0 Å². The van der Waals surface area contributed by atoms with Crippen LogP contribution < -0.4 is 0 Å². The second kappa shape index (κ2) is 10.3. The van der Waals surface area contributed by atoms with Crippen molar-refractivity contribution in [1.29, 1.82) is 0 Å². The lowest BCUT2D eigenvalue weighted by Gasteiger charge is -2.38. The van der Waals surface area contributed by atoms with Crippen molar-refractivity contribution in [1.82, 2.24) is 4.90 Å². The molecule has 2 aromatic rings. The van der Waals surface area contributed by atoms with Crippen LogP contribution in [0.3, 0.4) is 0 Å². The van der Waals surface area contributed by atoms with E-state index in [2.05, 4.69) is 41.3 Å². The number of carboxylic acids is 1. The van der Waals surface area contributed by atoms with E-state index in [9.17, 15) is 13.2 Å². The van der Waals surface area contributed by atoms with Gasteiger partial charge in [0.05, 0.1) is 18.6 Å². The van der Waals surface area contributed by atoms with Gasteiger partial charge in [-0.05, 0) is 24.5 Å². The van der Waals surface area contributed by atoms with Crippen molar-refractivity contribution in [3.8, 4) is 0 Å². The number of halogens is 3. The normalized spacial score (nSPS) is 20.3. The average molecular weight is 399 g/mol. The second-order valence-electron chi connectivity index (χ2n) is 6.68.